The van der Waals surface area contributed by atoms with E-state index in [1.54, 1.807) is 45.4 Å². The summed E-state index contributed by atoms with van der Waals surface area (Å²) in [5, 5.41) is 5.77. The maximum atomic E-state index is 13.9. The number of anilines is 4. The van der Waals surface area contributed by atoms with Gasteiger partial charge in [0, 0.05) is 17.8 Å². The first-order valence-corrected chi connectivity index (χ1v) is 8.06. The second-order valence-electron chi connectivity index (χ2n) is 5.60. The minimum Gasteiger partial charge on any atom is -0.493 e. The average Bonchev–Trinajstić information content (AvgIpc) is 2.64. The number of methoxy groups -OCH3 is 2. The van der Waals surface area contributed by atoms with Crippen LogP contribution in [0.2, 0.25) is 0 Å². The van der Waals surface area contributed by atoms with Crippen LogP contribution < -0.4 is 20.1 Å². The van der Waals surface area contributed by atoms with E-state index in [9.17, 15) is 8.78 Å². The van der Waals surface area contributed by atoms with Crippen molar-refractivity contribution in [3.05, 3.63) is 59.9 Å². The fourth-order valence-corrected chi connectivity index (χ4v) is 2.50. The summed E-state index contributed by atoms with van der Waals surface area (Å²) in [5.41, 5.74) is 0.432. The molecule has 6 nitrogen and oxygen atoms in total. The number of rotatable bonds is 6. The fraction of sp³-hybridized carbons (Fsp3) is 0.158. The summed E-state index contributed by atoms with van der Waals surface area (Å²) < 4.78 is 38.2. The summed E-state index contributed by atoms with van der Waals surface area (Å²) in [4.78, 5) is 8.47. The fourth-order valence-electron chi connectivity index (χ4n) is 2.50. The number of nitrogens with one attached hydrogen (secondary N) is 2. The molecule has 0 radical (unpaired) electrons. The van der Waals surface area contributed by atoms with Crippen LogP contribution in [0.3, 0.4) is 0 Å². The highest BCUT2D eigenvalue weighted by molar-refractivity contribution is 5.65. The van der Waals surface area contributed by atoms with E-state index in [-0.39, 0.29) is 11.5 Å². The van der Waals surface area contributed by atoms with Crippen molar-refractivity contribution in [2.45, 2.75) is 6.92 Å². The number of ether oxygens (including phenoxy) is 2. The van der Waals surface area contributed by atoms with E-state index < -0.39 is 11.6 Å². The topological polar surface area (TPSA) is 68.3 Å². The lowest BCUT2D eigenvalue weighted by molar-refractivity contribution is 0.355. The zero-order chi connectivity index (χ0) is 19.4. The van der Waals surface area contributed by atoms with E-state index in [1.807, 2.05) is 0 Å². The van der Waals surface area contributed by atoms with Crippen molar-refractivity contribution >= 4 is 23.0 Å². The number of halogens is 2. The molecule has 3 rings (SSSR count). The van der Waals surface area contributed by atoms with E-state index in [0.717, 1.165) is 0 Å². The van der Waals surface area contributed by atoms with Crippen molar-refractivity contribution in [3.63, 3.8) is 0 Å². The first-order valence-electron chi connectivity index (χ1n) is 8.06. The molecule has 0 unspecified atom stereocenters. The highest BCUT2D eigenvalue weighted by atomic mass is 19.1. The Labute approximate surface area is 155 Å². The molecule has 0 fully saturated rings. The molecule has 0 saturated heterocycles. The van der Waals surface area contributed by atoms with Gasteiger partial charge in [-0.1, -0.05) is 6.07 Å². The molecular formula is C19H18F2N4O2. The molecule has 8 heteroatoms. The third-order valence-electron chi connectivity index (χ3n) is 3.71. The highest BCUT2D eigenvalue weighted by Gasteiger charge is 2.11. The molecule has 0 aliphatic heterocycles. The van der Waals surface area contributed by atoms with Gasteiger partial charge in [-0.25, -0.2) is 18.7 Å². The van der Waals surface area contributed by atoms with Gasteiger partial charge in [-0.3, -0.25) is 0 Å². The summed E-state index contributed by atoms with van der Waals surface area (Å²) in [7, 11) is 3.10. The van der Waals surface area contributed by atoms with Crippen LogP contribution in [0.15, 0.2) is 42.5 Å². The lowest BCUT2D eigenvalue weighted by Gasteiger charge is -2.13. The molecule has 1 aromatic heterocycles. The molecule has 3 aromatic rings. The first-order chi connectivity index (χ1) is 13.0. The minimum atomic E-state index is -0.708. The van der Waals surface area contributed by atoms with Gasteiger partial charge in [0.05, 0.1) is 14.2 Å². The Morgan fingerprint density at radius 3 is 2.07 bits per heavy atom. The Kier molecular flexibility index (Phi) is 5.35. The largest absolute Gasteiger partial charge is 0.493 e. The van der Waals surface area contributed by atoms with E-state index in [0.29, 0.717) is 28.8 Å². The Bertz CT molecular complexity index is 946. The zero-order valence-electron chi connectivity index (χ0n) is 15.0. The quantitative estimate of drug-likeness (QED) is 0.661. The van der Waals surface area contributed by atoms with Crippen molar-refractivity contribution in [1.82, 2.24) is 9.97 Å². The summed E-state index contributed by atoms with van der Waals surface area (Å²) in [6.45, 7) is 1.68. The number of hydrogen-bond acceptors (Lipinski definition) is 6. The maximum Gasteiger partial charge on any atom is 0.162 e. The highest BCUT2D eigenvalue weighted by Crippen LogP contribution is 2.31. The molecule has 0 aliphatic rings. The Morgan fingerprint density at radius 2 is 1.44 bits per heavy atom. The number of aromatic nitrogens is 2. The molecule has 0 aliphatic carbocycles. The molecule has 27 heavy (non-hydrogen) atoms. The van der Waals surface area contributed by atoms with Crippen molar-refractivity contribution in [3.8, 4) is 11.5 Å². The summed E-state index contributed by atoms with van der Waals surface area (Å²) in [5.74, 6) is 0.879. The number of nitrogens with zero attached hydrogens (tertiary/aromatic N) is 2. The zero-order valence-corrected chi connectivity index (χ0v) is 15.0. The van der Waals surface area contributed by atoms with Gasteiger partial charge in [-0.2, -0.15) is 0 Å². The first kappa shape index (κ1) is 18.4. The Morgan fingerprint density at radius 1 is 0.815 bits per heavy atom. The number of aryl methyl sites for hydroxylation is 1. The van der Waals surface area contributed by atoms with Gasteiger partial charge >= 0.3 is 0 Å². The summed E-state index contributed by atoms with van der Waals surface area (Å²) in [6, 6.07) is 10.5. The van der Waals surface area contributed by atoms with Crippen LogP contribution in [0.5, 0.6) is 11.5 Å². The molecule has 0 amide bonds. The Hall–Kier alpha value is -3.42. The molecular weight excluding hydrogens is 354 g/mol. The molecule has 2 aromatic carbocycles. The van der Waals surface area contributed by atoms with Crippen LogP contribution in [0.4, 0.5) is 31.8 Å². The van der Waals surface area contributed by atoms with E-state index >= 15 is 0 Å². The molecule has 0 bridgehead atoms. The standard InChI is InChI=1S/C19H18F2N4O2/c1-11-22-17(24-12-7-8-15(26-2)16(9-12)27-3)10-18(23-11)25-19-13(20)5-4-6-14(19)21/h4-10H,1-3H3,(H2,22,23,24,25). The lowest BCUT2D eigenvalue weighted by atomic mass is 10.2. The summed E-state index contributed by atoms with van der Waals surface area (Å²) >= 11 is 0. The second kappa shape index (κ2) is 7.86. The third-order valence-corrected chi connectivity index (χ3v) is 3.71. The molecule has 1 heterocycles. The van der Waals surface area contributed by atoms with Crippen molar-refractivity contribution in [1.29, 1.82) is 0 Å². The Balaban J connectivity index is 1.88. The minimum absolute atomic E-state index is 0.259. The molecule has 0 spiro atoms. The maximum absolute atomic E-state index is 13.9. The SMILES string of the molecule is COc1ccc(Nc2cc(Nc3c(F)cccc3F)nc(C)n2)cc1OC. The monoisotopic (exact) mass is 372 g/mol. The van der Waals surface area contributed by atoms with Crippen LogP contribution in [-0.4, -0.2) is 24.2 Å². The van der Waals surface area contributed by atoms with Crippen molar-refractivity contribution < 1.29 is 18.3 Å². The number of hydrogen-bond donors (Lipinski definition) is 2. The van der Waals surface area contributed by atoms with Gasteiger partial charge in [0.1, 0.15) is 34.8 Å². The predicted octanol–water partition coefficient (Wildman–Crippen LogP) is 4.57. The normalized spacial score (nSPS) is 10.4. The lowest BCUT2D eigenvalue weighted by Crippen LogP contribution is -2.04. The van der Waals surface area contributed by atoms with E-state index in [1.165, 1.54) is 18.2 Å². The van der Waals surface area contributed by atoms with Crippen LogP contribution in [0.25, 0.3) is 0 Å². The van der Waals surface area contributed by atoms with Crippen molar-refractivity contribution in [2.24, 2.45) is 0 Å². The van der Waals surface area contributed by atoms with Gasteiger partial charge in [0.15, 0.2) is 11.5 Å². The van der Waals surface area contributed by atoms with Crippen LogP contribution in [0, 0.1) is 18.6 Å². The second-order valence-corrected chi connectivity index (χ2v) is 5.60. The smallest absolute Gasteiger partial charge is 0.162 e. The predicted molar refractivity (Wildman–Crippen MR) is 99.2 cm³/mol. The van der Waals surface area contributed by atoms with Crippen LogP contribution >= 0.6 is 0 Å². The number of para-hydroxylation sites is 1. The van der Waals surface area contributed by atoms with Crippen LogP contribution in [0.1, 0.15) is 5.82 Å². The number of benzene rings is 2. The van der Waals surface area contributed by atoms with Crippen molar-refractivity contribution in [2.75, 3.05) is 24.9 Å². The molecule has 2 N–H and O–H groups in total. The molecule has 140 valence electrons. The average molecular weight is 372 g/mol. The van der Waals surface area contributed by atoms with Gasteiger partial charge in [-0.05, 0) is 31.2 Å². The van der Waals surface area contributed by atoms with E-state index in [4.69, 9.17) is 9.47 Å². The summed E-state index contributed by atoms with van der Waals surface area (Å²) in [6.07, 6.45) is 0. The van der Waals surface area contributed by atoms with Gasteiger partial charge in [-0.15, -0.1) is 0 Å². The molecule has 0 saturated carbocycles. The molecule has 0 atom stereocenters. The van der Waals surface area contributed by atoms with Crippen LogP contribution in [-0.2, 0) is 0 Å². The van der Waals surface area contributed by atoms with Gasteiger partial charge < -0.3 is 20.1 Å². The van der Waals surface area contributed by atoms with Gasteiger partial charge in [0.25, 0.3) is 0 Å². The van der Waals surface area contributed by atoms with Gasteiger partial charge in [0.2, 0.25) is 0 Å². The third kappa shape index (κ3) is 4.22. The van der Waals surface area contributed by atoms with E-state index in [2.05, 4.69) is 20.6 Å².